The van der Waals surface area contributed by atoms with E-state index in [9.17, 15) is 0 Å². The smallest absolute Gasteiger partial charge is 0.276 e. The highest BCUT2D eigenvalue weighted by molar-refractivity contribution is 7.99. The number of nitrogens with zero attached hydrogens (tertiary/aromatic N) is 2. The average molecular weight is 320 g/mol. The molecule has 3 rings (SSSR count). The maximum Gasteiger partial charge on any atom is 0.276 e. The van der Waals surface area contributed by atoms with Gasteiger partial charge in [0.2, 0.25) is 5.89 Å². The van der Waals surface area contributed by atoms with Crippen molar-refractivity contribution in [3.63, 3.8) is 0 Å². The third kappa shape index (κ3) is 4.24. The molecule has 1 saturated heterocycles. The molecule has 2 aromatic rings. The van der Waals surface area contributed by atoms with Crippen LogP contribution in [0.1, 0.15) is 30.7 Å². The zero-order chi connectivity index (χ0) is 15.2. The van der Waals surface area contributed by atoms with Crippen LogP contribution in [0.3, 0.4) is 0 Å². The van der Waals surface area contributed by atoms with Crippen LogP contribution in [0, 0.1) is 0 Å². The van der Waals surface area contributed by atoms with Crippen LogP contribution in [-0.2, 0) is 11.2 Å². The van der Waals surface area contributed by atoms with Gasteiger partial charge in [-0.25, -0.2) is 0 Å². The second kappa shape index (κ2) is 7.65. The van der Waals surface area contributed by atoms with Crippen LogP contribution < -0.4 is 4.74 Å². The number of ether oxygens (including phenoxy) is 2. The van der Waals surface area contributed by atoms with Crippen LogP contribution in [0.5, 0.6) is 5.75 Å². The molecule has 118 valence electrons. The summed E-state index contributed by atoms with van der Waals surface area (Å²) in [6.07, 6.45) is 4.47. The summed E-state index contributed by atoms with van der Waals surface area (Å²) in [7, 11) is 1.66. The third-order valence-electron chi connectivity index (χ3n) is 3.60. The van der Waals surface area contributed by atoms with Crippen LogP contribution in [-0.4, -0.2) is 35.8 Å². The molecule has 1 atom stereocenters. The Kier molecular flexibility index (Phi) is 5.34. The lowest BCUT2D eigenvalue weighted by Gasteiger charge is -2.21. The first-order chi connectivity index (χ1) is 10.8. The van der Waals surface area contributed by atoms with Gasteiger partial charge < -0.3 is 13.9 Å². The fourth-order valence-electron chi connectivity index (χ4n) is 2.43. The Morgan fingerprint density at radius 3 is 3.09 bits per heavy atom. The van der Waals surface area contributed by atoms with Crippen molar-refractivity contribution in [3.05, 3.63) is 35.7 Å². The highest BCUT2D eigenvalue weighted by Crippen LogP contribution is 2.23. The fourth-order valence-corrected chi connectivity index (χ4v) is 3.27. The molecule has 1 aromatic heterocycles. The largest absolute Gasteiger partial charge is 0.497 e. The molecule has 6 heteroatoms. The van der Waals surface area contributed by atoms with E-state index in [1.165, 1.54) is 12.8 Å². The summed E-state index contributed by atoms with van der Waals surface area (Å²) in [5.74, 6) is 2.34. The van der Waals surface area contributed by atoms with E-state index in [2.05, 4.69) is 10.2 Å². The van der Waals surface area contributed by atoms with Gasteiger partial charge in [-0.15, -0.1) is 10.2 Å². The van der Waals surface area contributed by atoms with E-state index >= 15 is 0 Å². The number of methoxy groups -OCH3 is 1. The van der Waals surface area contributed by atoms with Gasteiger partial charge in [0.1, 0.15) is 5.75 Å². The molecule has 5 nitrogen and oxygen atoms in total. The van der Waals surface area contributed by atoms with Crippen molar-refractivity contribution >= 4 is 11.8 Å². The molecule has 0 radical (unpaired) electrons. The molecule has 0 saturated carbocycles. The predicted octanol–water partition coefficient (Wildman–Crippen LogP) is 3.33. The first kappa shape index (κ1) is 15.4. The number of hydrogen-bond acceptors (Lipinski definition) is 6. The van der Waals surface area contributed by atoms with E-state index in [1.54, 1.807) is 18.9 Å². The lowest BCUT2D eigenvalue weighted by atomic mass is 10.1. The minimum Gasteiger partial charge on any atom is -0.497 e. The van der Waals surface area contributed by atoms with Gasteiger partial charge in [-0.3, -0.25) is 0 Å². The highest BCUT2D eigenvalue weighted by atomic mass is 32.2. The van der Waals surface area contributed by atoms with Crippen LogP contribution in [0.15, 0.2) is 33.9 Å². The Morgan fingerprint density at radius 1 is 1.32 bits per heavy atom. The molecule has 1 aromatic carbocycles. The first-order valence-corrected chi connectivity index (χ1v) is 8.52. The molecule has 0 amide bonds. The predicted molar refractivity (Wildman–Crippen MR) is 84.4 cm³/mol. The van der Waals surface area contributed by atoms with Gasteiger partial charge in [0.25, 0.3) is 5.22 Å². The van der Waals surface area contributed by atoms with Crippen molar-refractivity contribution in [3.8, 4) is 5.75 Å². The molecule has 0 unspecified atom stereocenters. The molecule has 0 spiro atoms. The van der Waals surface area contributed by atoms with Crippen molar-refractivity contribution < 1.29 is 13.9 Å². The minimum atomic E-state index is 0.312. The van der Waals surface area contributed by atoms with Gasteiger partial charge in [-0.05, 0) is 37.0 Å². The summed E-state index contributed by atoms with van der Waals surface area (Å²) in [5.41, 5.74) is 1.09. The Balaban J connectivity index is 1.54. The highest BCUT2D eigenvalue weighted by Gasteiger charge is 2.16. The normalized spacial score (nSPS) is 18.3. The Bertz CT molecular complexity index is 597. The van der Waals surface area contributed by atoms with Crippen LogP contribution in [0.2, 0.25) is 0 Å². The summed E-state index contributed by atoms with van der Waals surface area (Å²) in [5, 5.41) is 8.83. The standard InChI is InChI=1S/C16H20N2O3S/c1-19-13-7-4-5-12(9-13)10-15-17-18-16(21-15)22-11-14-6-2-3-8-20-14/h4-5,7,9,14H,2-3,6,8,10-11H2,1H3/t14-/m1/s1. The van der Waals surface area contributed by atoms with Crippen molar-refractivity contribution in [2.45, 2.75) is 37.0 Å². The molecular formula is C16H20N2O3S. The summed E-state index contributed by atoms with van der Waals surface area (Å²) in [4.78, 5) is 0. The number of benzene rings is 1. The summed E-state index contributed by atoms with van der Waals surface area (Å²) in [6.45, 7) is 0.871. The zero-order valence-corrected chi connectivity index (χ0v) is 13.5. The average Bonchev–Trinajstić information content (AvgIpc) is 3.01. The van der Waals surface area contributed by atoms with E-state index < -0.39 is 0 Å². The Morgan fingerprint density at radius 2 is 2.27 bits per heavy atom. The topological polar surface area (TPSA) is 57.4 Å². The molecule has 22 heavy (non-hydrogen) atoms. The van der Waals surface area contributed by atoms with E-state index in [4.69, 9.17) is 13.9 Å². The molecule has 1 aliphatic heterocycles. The monoisotopic (exact) mass is 320 g/mol. The van der Waals surface area contributed by atoms with Gasteiger partial charge in [-0.1, -0.05) is 23.9 Å². The lowest BCUT2D eigenvalue weighted by molar-refractivity contribution is 0.0314. The Labute approximate surface area is 134 Å². The molecule has 1 aliphatic rings. The number of thioether (sulfide) groups is 1. The maximum absolute atomic E-state index is 5.70. The van der Waals surface area contributed by atoms with Crippen molar-refractivity contribution in [1.82, 2.24) is 10.2 Å². The van der Waals surface area contributed by atoms with Gasteiger partial charge in [0.05, 0.1) is 19.6 Å². The number of aromatic nitrogens is 2. The van der Waals surface area contributed by atoms with Crippen molar-refractivity contribution in [1.29, 1.82) is 0 Å². The number of hydrogen-bond donors (Lipinski definition) is 0. The second-order valence-electron chi connectivity index (χ2n) is 5.29. The maximum atomic E-state index is 5.70. The third-order valence-corrected chi connectivity index (χ3v) is 4.55. The van der Waals surface area contributed by atoms with Gasteiger partial charge in [0.15, 0.2) is 0 Å². The van der Waals surface area contributed by atoms with Crippen LogP contribution in [0.25, 0.3) is 0 Å². The fraction of sp³-hybridized carbons (Fsp3) is 0.500. The van der Waals surface area contributed by atoms with Crippen molar-refractivity contribution in [2.75, 3.05) is 19.5 Å². The Hall–Kier alpha value is -1.53. The zero-order valence-electron chi connectivity index (χ0n) is 12.7. The van der Waals surface area contributed by atoms with Crippen LogP contribution >= 0.6 is 11.8 Å². The quantitative estimate of drug-likeness (QED) is 0.761. The molecule has 0 bridgehead atoms. The van der Waals surface area contributed by atoms with Crippen molar-refractivity contribution in [2.24, 2.45) is 0 Å². The van der Waals surface area contributed by atoms with E-state index in [0.717, 1.165) is 30.1 Å². The molecule has 0 N–H and O–H groups in total. The van der Waals surface area contributed by atoms with E-state index in [1.807, 2.05) is 24.3 Å². The SMILES string of the molecule is COc1cccc(Cc2nnc(SC[C@H]3CCCCO3)o2)c1. The summed E-state index contributed by atoms with van der Waals surface area (Å²) >= 11 is 1.58. The molecule has 0 aliphatic carbocycles. The second-order valence-corrected chi connectivity index (χ2v) is 6.26. The first-order valence-electron chi connectivity index (χ1n) is 7.53. The van der Waals surface area contributed by atoms with E-state index in [-0.39, 0.29) is 0 Å². The molecule has 2 heterocycles. The molecular weight excluding hydrogens is 300 g/mol. The minimum absolute atomic E-state index is 0.312. The lowest BCUT2D eigenvalue weighted by Crippen LogP contribution is -2.21. The van der Waals surface area contributed by atoms with Crippen LogP contribution in [0.4, 0.5) is 0 Å². The van der Waals surface area contributed by atoms with Gasteiger partial charge >= 0.3 is 0 Å². The van der Waals surface area contributed by atoms with Gasteiger partial charge in [0, 0.05) is 12.4 Å². The van der Waals surface area contributed by atoms with E-state index in [0.29, 0.717) is 23.6 Å². The number of rotatable bonds is 6. The summed E-state index contributed by atoms with van der Waals surface area (Å²) < 4.78 is 16.6. The van der Waals surface area contributed by atoms with Gasteiger partial charge in [-0.2, -0.15) is 0 Å². The summed E-state index contributed by atoms with van der Waals surface area (Å²) in [6, 6.07) is 7.88. The molecule has 1 fully saturated rings.